The van der Waals surface area contributed by atoms with Crippen molar-refractivity contribution < 1.29 is 23.7 Å². The van der Waals surface area contributed by atoms with Crippen LogP contribution < -0.4 is 0 Å². The number of fused-ring (bicyclic) bond motifs is 3. The van der Waals surface area contributed by atoms with Gasteiger partial charge in [-0.2, -0.15) is 0 Å². The van der Waals surface area contributed by atoms with E-state index in [9.17, 15) is 0 Å². The molecule has 5 atom stereocenters. The summed E-state index contributed by atoms with van der Waals surface area (Å²) < 4.78 is 30.5. The Bertz CT molecular complexity index is 605. The van der Waals surface area contributed by atoms with E-state index in [0.717, 1.165) is 12.2 Å². The van der Waals surface area contributed by atoms with Gasteiger partial charge in [-0.1, -0.05) is 18.2 Å². The van der Waals surface area contributed by atoms with Crippen LogP contribution in [0.3, 0.4) is 0 Å². The van der Waals surface area contributed by atoms with Gasteiger partial charge in [0.1, 0.15) is 18.3 Å². The van der Waals surface area contributed by atoms with Gasteiger partial charge in [0.05, 0.1) is 6.10 Å². The second-order valence-electron chi connectivity index (χ2n) is 7.66. The molecule has 0 aromatic heterocycles. The van der Waals surface area contributed by atoms with Gasteiger partial charge in [0.2, 0.25) is 0 Å². The van der Waals surface area contributed by atoms with Crippen molar-refractivity contribution in [1.29, 1.82) is 0 Å². The van der Waals surface area contributed by atoms with Crippen LogP contribution in [0.4, 0.5) is 0 Å². The van der Waals surface area contributed by atoms with Crippen molar-refractivity contribution in [3.63, 3.8) is 0 Å². The smallest absolute Gasteiger partial charge is 0.190 e. The van der Waals surface area contributed by atoms with E-state index in [2.05, 4.69) is 24.3 Å². The Morgan fingerprint density at radius 1 is 0.840 bits per heavy atom. The van der Waals surface area contributed by atoms with Crippen LogP contribution in [0.15, 0.2) is 35.2 Å². The normalized spacial score (nSPS) is 38.3. The lowest BCUT2D eigenvalue weighted by atomic mass is 9.97. The molecule has 138 valence electrons. The van der Waals surface area contributed by atoms with Crippen molar-refractivity contribution >= 4 is 11.8 Å². The highest BCUT2D eigenvalue weighted by atomic mass is 32.2. The first-order valence-corrected chi connectivity index (χ1v) is 9.86. The van der Waals surface area contributed by atoms with E-state index in [0.29, 0.717) is 0 Å². The molecule has 0 spiro atoms. The minimum Gasteiger partial charge on any atom is -0.344 e. The van der Waals surface area contributed by atoms with Gasteiger partial charge in [-0.05, 0) is 46.2 Å². The zero-order valence-electron chi connectivity index (χ0n) is 15.1. The predicted octanol–water partition coefficient (Wildman–Crippen LogP) is 3.57. The first-order chi connectivity index (χ1) is 11.8. The summed E-state index contributed by atoms with van der Waals surface area (Å²) in [4.78, 5) is 1.26. The van der Waals surface area contributed by atoms with Crippen molar-refractivity contribution in [3.8, 4) is 0 Å². The molecule has 3 aliphatic rings. The highest BCUT2D eigenvalue weighted by molar-refractivity contribution is 7.99. The average molecular weight is 366 g/mol. The second kappa shape index (κ2) is 6.51. The van der Waals surface area contributed by atoms with E-state index < -0.39 is 17.9 Å². The van der Waals surface area contributed by atoms with E-state index in [1.807, 2.05) is 45.5 Å². The summed E-state index contributed by atoms with van der Waals surface area (Å²) in [6, 6.07) is 10.4. The maximum absolute atomic E-state index is 6.23. The zero-order valence-corrected chi connectivity index (χ0v) is 16.0. The third kappa shape index (κ3) is 3.75. The third-order valence-electron chi connectivity index (χ3n) is 4.67. The molecule has 1 aromatic carbocycles. The van der Waals surface area contributed by atoms with Crippen LogP contribution in [0, 0.1) is 0 Å². The lowest BCUT2D eigenvalue weighted by Crippen LogP contribution is -2.55. The van der Waals surface area contributed by atoms with Gasteiger partial charge in [0, 0.05) is 10.6 Å². The molecular formula is C19H26O5S. The summed E-state index contributed by atoms with van der Waals surface area (Å²) in [7, 11) is 0. The van der Waals surface area contributed by atoms with E-state index in [-0.39, 0.29) is 24.4 Å². The van der Waals surface area contributed by atoms with Gasteiger partial charge in [-0.15, -0.1) is 11.8 Å². The molecule has 3 saturated heterocycles. The fourth-order valence-electron chi connectivity index (χ4n) is 3.74. The van der Waals surface area contributed by atoms with E-state index >= 15 is 0 Å². The van der Waals surface area contributed by atoms with Gasteiger partial charge in [0.15, 0.2) is 17.9 Å². The Labute approximate surface area is 153 Å². The van der Waals surface area contributed by atoms with Crippen LogP contribution in [0.1, 0.15) is 34.1 Å². The number of rotatable bonds is 4. The Morgan fingerprint density at radius 2 is 1.48 bits per heavy atom. The number of ether oxygens (including phenoxy) is 5. The molecule has 0 aliphatic carbocycles. The van der Waals surface area contributed by atoms with Crippen molar-refractivity contribution in [2.45, 2.75) is 81.3 Å². The molecule has 3 fully saturated rings. The van der Waals surface area contributed by atoms with Gasteiger partial charge < -0.3 is 23.7 Å². The summed E-state index contributed by atoms with van der Waals surface area (Å²) >= 11 is 1.82. The molecule has 0 saturated carbocycles. The van der Waals surface area contributed by atoms with Crippen LogP contribution in [-0.2, 0) is 23.7 Å². The predicted molar refractivity (Wildman–Crippen MR) is 94.3 cm³/mol. The van der Waals surface area contributed by atoms with Crippen LogP contribution in [0.2, 0.25) is 0 Å². The van der Waals surface area contributed by atoms with Gasteiger partial charge >= 0.3 is 0 Å². The summed E-state index contributed by atoms with van der Waals surface area (Å²) in [5.41, 5.74) is 0. The van der Waals surface area contributed by atoms with E-state index in [1.54, 1.807) is 0 Å². The lowest BCUT2D eigenvalue weighted by Gasteiger charge is -2.37. The molecule has 25 heavy (non-hydrogen) atoms. The highest BCUT2D eigenvalue weighted by Gasteiger charge is 2.60. The molecular weight excluding hydrogens is 340 g/mol. The number of hydrogen-bond donors (Lipinski definition) is 0. The first-order valence-electron chi connectivity index (χ1n) is 8.88. The first kappa shape index (κ1) is 17.8. The van der Waals surface area contributed by atoms with Gasteiger partial charge in [0.25, 0.3) is 0 Å². The quantitative estimate of drug-likeness (QED) is 0.759. The van der Waals surface area contributed by atoms with Crippen LogP contribution in [-0.4, -0.2) is 48.0 Å². The molecule has 0 radical (unpaired) electrons. The SMILES string of the molecule is CC1(C)O[C@H]2[C@@H](O1)[C@@H](CCSc1ccccc1)O[C@@H]1OC(C)(C)O[C@@H]12. The van der Waals surface area contributed by atoms with E-state index in [1.165, 1.54) is 4.90 Å². The topological polar surface area (TPSA) is 46.2 Å². The summed E-state index contributed by atoms with van der Waals surface area (Å²) in [5.74, 6) is -0.346. The maximum atomic E-state index is 6.23. The van der Waals surface area contributed by atoms with Gasteiger partial charge in [-0.3, -0.25) is 0 Å². The average Bonchev–Trinajstić information content (AvgIpc) is 3.03. The molecule has 6 heteroatoms. The van der Waals surface area contributed by atoms with Crippen LogP contribution >= 0.6 is 11.8 Å². The maximum Gasteiger partial charge on any atom is 0.190 e. The summed E-state index contributed by atoms with van der Waals surface area (Å²) in [6.45, 7) is 7.70. The van der Waals surface area contributed by atoms with Crippen LogP contribution in [0.25, 0.3) is 0 Å². The third-order valence-corrected chi connectivity index (χ3v) is 5.71. The Balaban J connectivity index is 1.44. The standard InChI is InChI=1S/C19H26O5S/c1-18(2)21-14-13(10-11-25-12-8-6-5-7-9-12)20-17-16(15(14)22-18)23-19(3,4)24-17/h5-9,13-17H,10-11H2,1-4H3/t13-,14+,15+,16-,17-/m1/s1. The number of thioether (sulfide) groups is 1. The van der Waals surface area contributed by atoms with Crippen molar-refractivity contribution in [2.75, 3.05) is 5.75 Å². The Morgan fingerprint density at radius 3 is 2.24 bits per heavy atom. The molecule has 0 amide bonds. The van der Waals surface area contributed by atoms with Crippen molar-refractivity contribution in [2.24, 2.45) is 0 Å². The largest absolute Gasteiger partial charge is 0.344 e. The molecule has 4 rings (SSSR count). The number of benzene rings is 1. The monoisotopic (exact) mass is 366 g/mol. The minimum absolute atomic E-state index is 0.0678. The molecule has 3 heterocycles. The minimum atomic E-state index is -0.663. The summed E-state index contributed by atoms with van der Waals surface area (Å²) in [5, 5.41) is 0. The fourth-order valence-corrected chi connectivity index (χ4v) is 4.67. The molecule has 1 aromatic rings. The Hall–Kier alpha value is -0.630. The van der Waals surface area contributed by atoms with Gasteiger partial charge in [-0.25, -0.2) is 0 Å². The van der Waals surface area contributed by atoms with Crippen LogP contribution in [0.5, 0.6) is 0 Å². The molecule has 0 N–H and O–H groups in total. The summed E-state index contributed by atoms with van der Waals surface area (Å²) in [6.07, 6.45) is -0.151. The molecule has 0 unspecified atom stereocenters. The second-order valence-corrected chi connectivity index (χ2v) is 8.83. The number of hydrogen-bond acceptors (Lipinski definition) is 6. The Kier molecular flexibility index (Phi) is 4.63. The highest BCUT2D eigenvalue weighted by Crippen LogP contribution is 2.44. The van der Waals surface area contributed by atoms with E-state index in [4.69, 9.17) is 23.7 Å². The molecule has 3 aliphatic heterocycles. The van der Waals surface area contributed by atoms with Crippen molar-refractivity contribution in [1.82, 2.24) is 0 Å². The fraction of sp³-hybridized carbons (Fsp3) is 0.684. The van der Waals surface area contributed by atoms with Crippen molar-refractivity contribution in [3.05, 3.63) is 30.3 Å². The molecule has 5 nitrogen and oxygen atoms in total. The lowest BCUT2D eigenvalue weighted by molar-refractivity contribution is -0.233. The zero-order chi connectivity index (χ0) is 17.7. The molecule has 0 bridgehead atoms.